The Morgan fingerprint density at radius 1 is 1.22 bits per heavy atom. The van der Waals surface area contributed by atoms with E-state index < -0.39 is 0 Å². The van der Waals surface area contributed by atoms with Crippen molar-refractivity contribution in [1.29, 1.82) is 0 Å². The summed E-state index contributed by atoms with van der Waals surface area (Å²) in [5, 5.41) is 3.63. The Kier molecular flexibility index (Phi) is 5.22. The van der Waals surface area contributed by atoms with Crippen LogP contribution in [-0.4, -0.2) is 50.7 Å². The molecule has 1 amide bonds. The number of thiazole rings is 1. The number of carbonyl (C=O) groups excluding carboxylic acids is 1. The number of quaternary nitrogens is 1. The first-order valence-electron chi connectivity index (χ1n) is 9.09. The number of benzene rings is 2. The molecule has 1 saturated heterocycles. The zero-order valence-electron chi connectivity index (χ0n) is 15.3. The van der Waals surface area contributed by atoms with E-state index in [4.69, 9.17) is 4.74 Å². The molecule has 4 rings (SSSR count). The molecule has 140 valence electrons. The summed E-state index contributed by atoms with van der Waals surface area (Å²) < 4.78 is 6.40. The number of piperazine rings is 1. The number of fused-ring (bicyclic) bond motifs is 1. The Balaban J connectivity index is 1.30. The van der Waals surface area contributed by atoms with Crippen LogP contribution in [0.2, 0.25) is 0 Å². The number of hydrogen-bond donors (Lipinski definition) is 2. The highest BCUT2D eigenvalue weighted by Crippen LogP contribution is 2.25. The first-order valence-corrected chi connectivity index (χ1v) is 9.91. The molecule has 6 nitrogen and oxygen atoms in total. The molecule has 0 saturated carbocycles. The molecule has 0 bridgehead atoms. The van der Waals surface area contributed by atoms with Crippen molar-refractivity contribution in [3.8, 4) is 5.75 Å². The Bertz CT molecular complexity index is 901. The van der Waals surface area contributed by atoms with Gasteiger partial charge < -0.3 is 14.5 Å². The van der Waals surface area contributed by atoms with Gasteiger partial charge in [0.15, 0.2) is 11.7 Å². The number of anilines is 2. The number of rotatable bonds is 5. The lowest BCUT2D eigenvalue weighted by Gasteiger charge is -2.33. The molecule has 0 spiro atoms. The van der Waals surface area contributed by atoms with Gasteiger partial charge in [-0.15, -0.1) is 0 Å². The number of carbonyl (C=O) groups is 1. The highest BCUT2D eigenvalue weighted by Gasteiger charge is 2.23. The summed E-state index contributed by atoms with van der Waals surface area (Å²) >= 11 is 1.52. The van der Waals surface area contributed by atoms with Gasteiger partial charge >= 0.3 is 0 Å². The number of para-hydroxylation sites is 1. The van der Waals surface area contributed by atoms with Gasteiger partial charge in [0, 0.05) is 11.8 Å². The Morgan fingerprint density at radius 2 is 2.04 bits per heavy atom. The SMILES string of the molecule is COc1cccc(N2CC[NH+](CC(=O)Nc3nc4ccccc4s3)CC2)c1. The molecular weight excluding hydrogens is 360 g/mol. The van der Waals surface area contributed by atoms with E-state index in [1.165, 1.54) is 21.9 Å². The van der Waals surface area contributed by atoms with E-state index in [0.717, 1.165) is 42.1 Å². The third-order valence-electron chi connectivity index (χ3n) is 4.84. The average molecular weight is 383 g/mol. The first-order chi connectivity index (χ1) is 13.2. The quantitative estimate of drug-likeness (QED) is 0.703. The van der Waals surface area contributed by atoms with Crippen LogP contribution < -0.4 is 19.9 Å². The number of aromatic nitrogens is 1. The standard InChI is InChI=1S/C20H22N4O2S/c1-26-16-6-4-5-15(13-16)24-11-9-23(10-12-24)14-19(25)22-20-21-17-7-2-3-8-18(17)27-20/h2-8,13H,9-12,14H2,1H3,(H,21,22,25)/p+1. The topological polar surface area (TPSA) is 58.9 Å². The van der Waals surface area contributed by atoms with Gasteiger partial charge in [-0.05, 0) is 24.3 Å². The van der Waals surface area contributed by atoms with Crippen molar-refractivity contribution >= 4 is 38.3 Å². The minimum Gasteiger partial charge on any atom is -0.497 e. The van der Waals surface area contributed by atoms with E-state index in [0.29, 0.717) is 11.7 Å². The summed E-state index contributed by atoms with van der Waals surface area (Å²) in [5.41, 5.74) is 2.10. The Hall–Kier alpha value is -2.64. The molecular formula is C20H23N4O2S+. The number of nitrogens with one attached hydrogen (secondary N) is 2. The van der Waals surface area contributed by atoms with Crippen LogP contribution in [0.1, 0.15) is 0 Å². The lowest BCUT2D eigenvalue weighted by Crippen LogP contribution is -3.15. The van der Waals surface area contributed by atoms with E-state index in [9.17, 15) is 4.79 Å². The number of ether oxygens (including phenoxy) is 1. The maximum Gasteiger partial charge on any atom is 0.281 e. The molecule has 1 aromatic heterocycles. The van der Waals surface area contributed by atoms with Crippen molar-refractivity contribution in [2.24, 2.45) is 0 Å². The monoisotopic (exact) mass is 383 g/mol. The maximum absolute atomic E-state index is 12.4. The summed E-state index contributed by atoms with van der Waals surface area (Å²) in [6, 6.07) is 16.1. The summed E-state index contributed by atoms with van der Waals surface area (Å²) in [4.78, 5) is 20.5. The van der Waals surface area contributed by atoms with Crippen molar-refractivity contribution in [3.05, 3.63) is 48.5 Å². The highest BCUT2D eigenvalue weighted by atomic mass is 32.1. The second kappa shape index (κ2) is 7.94. The molecule has 1 fully saturated rings. The van der Waals surface area contributed by atoms with Gasteiger partial charge in [0.05, 0.1) is 43.5 Å². The van der Waals surface area contributed by atoms with E-state index in [1.54, 1.807) is 7.11 Å². The normalized spacial score (nSPS) is 15.1. The molecule has 2 aromatic carbocycles. The fourth-order valence-corrected chi connectivity index (χ4v) is 4.26. The maximum atomic E-state index is 12.4. The van der Waals surface area contributed by atoms with Gasteiger partial charge in [0.25, 0.3) is 5.91 Å². The second-order valence-electron chi connectivity index (χ2n) is 6.65. The molecule has 1 aliphatic heterocycles. The zero-order chi connectivity index (χ0) is 18.6. The number of hydrogen-bond acceptors (Lipinski definition) is 5. The highest BCUT2D eigenvalue weighted by molar-refractivity contribution is 7.22. The average Bonchev–Trinajstić information content (AvgIpc) is 3.10. The van der Waals surface area contributed by atoms with E-state index in [2.05, 4.69) is 27.3 Å². The van der Waals surface area contributed by atoms with Gasteiger partial charge in [0.2, 0.25) is 0 Å². The van der Waals surface area contributed by atoms with E-state index >= 15 is 0 Å². The van der Waals surface area contributed by atoms with Crippen molar-refractivity contribution < 1.29 is 14.4 Å². The molecule has 0 aliphatic carbocycles. The molecule has 0 unspecified atom stereocenters. The third-order valence-corrected chi connectivity index (χ3v) is 5.79. The van der Waals surface area contributed by atoms with Gasteiger partial charge in [-0.1, -0.05) is 29.5 Å². The summed E-state index contributed by atoms with van der Waals surface area (Å²) in [7, 11) is 1.69. The van der Waals surface area contributed by atoms with Crippen molar-refractivity contribution in [2.45, 2.75) is 0 Å². The smallest absolute Gasteiger partial charge is 0.281 e. The van der Waals surface area contributed by atoms with Crippen LogP contribution in [0.5, 0.6) is 5.75 Å². The molecule has 27 heavy (non-hydrogen) atoms. The Morgan fingerprint density at radius 3 is 2.81 bits per heavy atom. The number of methoxy groups -OCH3 is 1. The van der Waals surface area contributed by atoms with Crippen LogP contribution in [0.4, 0.5) is 10.8 Å². The molecule has 7 heteroatoms. The molecule has 0 radical (unpaired) electrons. The van der Waals surface area contributed by atoms with Crippen molar-refractivity contribution in [3.63, 3.8) is 0 Å². The minimum absolute atomic E-state index is 0.0267. The summed E-state index contributed by atoms with van der Waals surface area (Å²) in [6.45, 7) is 4.20. The largest absolute Gasteiger partial charge is 0.497 e. The predicted molar refractivity (Wildman–Crippen MR) is 109 cm³/mol. The molecule has 3 aromatic rings. The van der Waals surface area contributed by atoms with E-state index in [-0.39, 0.29) is 5.91 Å². The summed E-state index contributed by atoms with van der Waals surface area (Å²) in [5.74, 6) is 0.899. The molecule has 2 heterocycles. The fraction of sp³-hybridized carbons (Fsp3) is 0.300. The number of amides is 1. The fourth-order valence-electron chi connectivity index (χ4n) is 3.38. The van der Waals surface area contributed by atoms with Gasteiger partial charge in [-0.25, -0.2) is 4.98 Å². The minimum atomic E-state index is 0.0267. The van der Waals surface area contributed by atoms with Crippen LogP contribution in [-0.2, 0) is 4.79 Å². The summed E-state index contributed by atoms with van der Waals surface area (Å²) in [6.07, 6.45) is 0. The zero-order valence-corrected chi connectivity index (χ0v) is 16.1. The molecule has 0 atom stereocenters. The Labute approximate surface area is 162 Å². The number of nitrogens with zero attached hydrogens (tertiary/aromatic N) is 2. The first kappa shape index (κ1) is 17.8. The van der Waals surface area contributed by atoms with Crippen LogP contribution >= 0.6 is 11.3 Å². The third kappa shape index (κ3) is 4.20. The molecule has 2 N–H and O–H groups in total. The van der Waals surface area contributed by atoms with Crippen LogP contribution in [0, 0.1) is 0 Å². The van der Waals surface area contributed by atoms with Crippen LogP contribution in [0.15, 0.2) is 48.5 Å². The van der Waals surface area contributed by atoms with Gasteiger partial charge in [-0.3, -0.25) is 10.1 Å². The van der Waals surface area contributed by atoms with Crippen LogP contribution in [0.3, 0.4) is 0 Å². The van der Waals surface area contributed by atoms with Gasteiger partial charge in [-0.2, -0.15) is 0 Å². The van der Waals surface area contributed by atoms with Gasteiger partial charge in [0.1, 0.15) is 5.75 Å². The molecule has 1 aliphatic rings. The lowest BCUT2D eigenvalue weighted by molar-refractivity contribution is -0.892. The lowest BCUT2D eigenvalue weighted by atomic mass is 10.2. The second-order valence-corrected chi connectivity index (χ2v) is 7.68. The van der Waals surface area contributed by atoms with Crippen LogP contribution in [0.25, 0.3) is 10.2 Å². The predicted octanol–water partition coefficient (Wildman–Crippen LogP) is 1.65. The van der Waals surface area contributed by atoms with E-state index in [1.807, 2.05) is 36.4 Å². The van der Waals surface area contributed by atoms with Crippen molar-refractivity contribution in [1.82, 2.24) is 4.98 Å². The van der Waals surface area contributed by atoms with Crippen molar-refractivity contribution in [2.75, 3.05) is 50.1 Å².